The zero-order valence-corrected chi connectivity index (χ0v) is 10.6. The van der Waals surface area contributed by atoms with Crippen molar-refractivity contribution in [1.29, 1.82) is 5.41 Å². The van der Waals surface area contributed by atoms with Crippen molar-refractivity contribution in [2.24, 2.45) is 0 Å². The average Bonchev–Trinajstić information content (AvgIpc) is 3.01. The molecule has 0 heterocycles. The summed E-state index contributed by atoms with van der Waals surface area (Å²) in [5, 5.41) is 8.43. The summed E-state index contributed by atoms with van der Waals surface area (Å²) in [7, 11) is 0. The van der Waals surface area contributed by atoms with Crippen LogP contribution >= 0.6 is 0 Å². The Morgan fingerprint density at radius 3 is 2.37 bits per heavy atom. The molecule has 0 unspecified atom stereocenters. The Hall–Kier alpha value is -2.41. The van der Waals surface area contributed by atoms with E-state index in [1.807, 2.05) is 48.5 Å². The van der Waals surface area contributed by atoms with Crippen LogP contribution in [0.2, 0.25) is 0 Å². The Morgan fingerprint density at radius 1 is 0.895 bits per heavy atom. The minimum Gasteiger partial charge on any atom is -0.300 e. The first-order valence-electron chi connectivity index (χ1n) is 6.46. The molecule has 0 saturated heterocycles. The molecule has 1 aliphatic carbocycles. The van der Waals surface area contributed by atoms with Crippen molar-refractivity contribution in [3.8, 4) is 0 Å². The third kappa shape index (κ3) is 2.27. The van der Waals surface area contributed by atoms with E-state index in [0.29, 0.717) is 5.71 Å². The molecule has 0 bridgehead atoms. The van der Waals surface area contributed by atoms with Gasteiger partial charge in [0.15, 0.2) is 0 Å². The van der Waals surface area contributed by atoms with Gasteiger partial charge < -0.3 is 0 Å². The van der Waals surface area contributed by atoms with Crippen LogP contribution in [0.3, 0.4) is 0 Å². The topological polar surface area (TPSA) is 23.9 Å². The molecule has 1 nitrogen and oxygen atoms in total. The zero-order valence-electron chi connectivity index (χ0n) is 10.6. The smallest absolute Gasteiger partial charge is 0.0690 e. The number of rotatable bonds is 3. The second kappa shape index (κ2) is 5.07. The van der Waals surface area contributed by atoms with Gasteiger partial charge in [0.05, 0.1) is 5.71 Å². The molecule has 19 heavy (non-hydrogen) atoms. The fourth-order valence-corrected chi connectivity index (χ4v) is 2.39. The van der Waals surface area contributed by atoms with Crippen molar-refractivity contribution in [2.45, 2.75) is 6.42 Å². The van der Waals surface area contributed by atoms with Gasteiger partial charge in [-0.15, -0.1) is 0 Å². The quantitative estimate of drug-likeness (QED) is 0.773. The summed E-state index contributed by atoms with van der Waals surface area (Å²) < 4.78 is 0. The standard InChI is InChI=1S/C18H15N/c19-18(15-10-2-1-3-11-15)17-13-7-6-12-16(17)14-8-4-5-9-14/h1-8,10-13,19H,9H2. The highest BCUT2D eigenvalue weighted by Crippen LogP contribution is 2.27. The number of hydrogen-bond acceptors (Lipinski definition) is 1. The predicted octanol–water partition coefficient (Wildman–Crippen LogP) is 4.45. The molecule has 0 atom stereocenters. The minimum atomic E-state index is 0.587. The third-order valence-corrected chi connectivity index (χ3v) is 3.38. The lowest BCUT2D eigenvalue weighted by Crippen LogP contribution is -2.04. The van der Waals surface area contributed by atoms with E-state index < -0.39 is 0 Å². The maximum Gasteiger partial charge on any atom is 0.0690 e. The second-order valence-corrected chi connectivity index (χ2v) is 4.61. The monoisotopic (exact) mass is 245 g/mol. The van der Waals surface area contributed by atoms with Crippen LogP contribution in [0.25, 0.3) is 5.57 Å². The zero-order chi connectivity index (χ0) is 13.1. The van der Waals surface area contributed by atoms with Gasteiger partial charge in [0, 0.05) is 11.1 Å². The maximum atomic E-state index is 8.43. The van der Waals surface area contributed by atoms with Gasteiger partial charge in [-0.25, -0.2) is 0 Å². The van der Waals surface area contributed by atoms with Crippen LogP contribution in [-0.2, 0) is 0 Å². The van der Waals surface area contributed by atoms with Gasteiger partial charge in [0.25, 0.3) is 0 Å². The molecule has 2 aromatic carbocycles. The van der Waals surface area contributed by atoms with Crippen molar-refractivity contribution in [2.75, 3.05) is 0 Å². The lowest BCUT2D eigenvalue weighted by atomic mass is 9.93. The molecule has 0 aliphatic heterocycles. The molecule has 0 amide bonds. The predicted molar refractivity (Wildman–Crippen MR) is 80.5 cm³/mol. The Labute approximate surface area is 113 Å². The highest BCUT2D eigenvalue weighted by Gasteiger charge is 2.12. The molecule has 0 spiro atoms. The molecule has 1 N–H and O–H groups in total. The van der Waals surface area contributed by atoms with Crippen LogP contribution in [-0.4, -0.2) is 5.71 Å². The molecule has 92 valence electrons. The van der Waals surface area contributed by atoms with Crippen molar-refractivity contribution in [3.05, 3.63) is 89.5 Å². The van der Waals surface area contributed by atoms with Crippen LogP contribution < -0.4 is 0 Å². The van der Waals surface area contributed by atoms with Gasteiger partial charge >= 0.3 is 0 Å². The molecule has 0 fully saturated rings. The lowest BCUT2D eigenvalue weighted by molar-refractivity contribution is 1.39. The van der Waals surface area contributed by atoms with Crippen molar-refractivity contribution >= 4 is 11.3 Å². The first-order chi connectivity index (χ1) is 9.36. The summed E-state index contributed by atoms with van der Waals surface area (Å²) in [4.78, 5) is 0. The molecule has 3 rings (SSSR count). The third-order valence-electron chi connectivity index (χ3n) is 3.38. The first kappa shape index (κ1) is 11.7. The SMILES string of the molecule is N=C(c1ccccc1)c1ccccc1C1=CC=CC1. The van der Waals surface area contributed by atoms with E-state index >= 15 is 0 Å². The van der Waals surface area contributed by atoms with E-state index in [9.17, 15) is 0 Å². The fourth-order valence-electron chi connectivity index (χ4n) is 2.39. The van der Waals surface area contributed by atoms with Crippen molar-refractivity contribution < 1.29 is 0 Å². The van der Waals surface area contributed by atoms with E-state index in [-0.39, 0.29) is 0 Å². The summed E-state index contributed by atoms with van der Waals surface area (Å²) in [6.07, 6.45) is 7.33. The van der Waals surface area contributed by atoms with Gasteiger partial charge in [0.2, 0.25) is 0 Å². The molecule has 2 aromatic rings. The minimum absolute atomic E-state index is 0.587. The van der Waals surface area contributed by atoms with Gasteiger partial charge in [-0.1, -0.05) is 72.8 Å². The van der Waals surface area contributed by atoms with E-state index in [2.05, 4.69) is 24.3 Å². The van der Waals surface area contributed by atoms with Crippen LogP contribution in [0.1, 0.15) is 23.1 Å². The van der Waals surface area contributed by atoms with Gasteiger partial charge in [0.1, 0.15) is 0 Å². The molecule has 1 aliphatic rings. The van der Waals surface area contributed by atoms with Crippen LogP contribution in [0.15, 0.2) is 72.8 Å². The summed E-state index contributed by atoms with van der Waals surface area (Å²) in [6.45, 7) is 0. The van der Waals surface area contributed by atoms with Gasteiger partial charge in [-0.3, -0.25) is 5.41 Å². The second-order valence-electron chi connectivity index (χ2n) is 4.61. The van der Waals surface area contributed by atoms with Crippen molar-refractivity contribution in [3.63, 3.8) is 0 Å². The summed E-state index contributed by atoms with van der Waals surface area (Å²) in [5.41, 5.74) is 5.01. The van der Waals surface area contributed by atoms with E-state index in [4.69, 9.17) is 5.41 Å². The highest BCUT2D eigenvalue weighted by molar-refractivity contribution is 6.13. The normalized spacial score (nSPS) is 13.4. The van der Waals surface area contributed by atoms with E-state index in [1.54, 1.807) is 0 Å². The highest BCUT2D eigenvalue weighted by atomic mass is 14.4. The molecule has 1 heteroatoms. The molecule has 0 saturated carbocycles. The van der Waals surface area contributed by atoms with Gasteiger partial charge in [-0.05, 0) is 17.6 Å². The molecular weight excluding hydrogens is 230 g/mol. The summed E-state index contributed by atoms with van der Waals surface area (Å²) in [5.74, 6) is 0. The maximum absolute atomic E-state index is 8.43. The molecular formula is C18H15N. The summed E-state index contributed by atoms with van der Waals surface area (Å²) in [6, 6.07) is 18.1. The molecule has 0 aromatic heterocycles. The van der Waals surface area contributed by atoms with Crippen molar-refractivity contribution in [1.82, 2.24) is 0 Å². The van der Waals surface area contributed by atoms with E-state index in [1.165, 1.54) is 11.1 Å². The number of nitrogens with one attached hydrogen (secondary N) is 1. The lowest BCUT2D eigenvalue weighted by Gasteiger charge is -2.11. The largest absolute Gasteiger partial charge is 0.300 e. The van der Waals surface area contributed by atoms with E-state index in [0.717, 1.165) is 17.5 Å². The Bertz CT molecular complexity index is 663. The van der Waals surface area contributed by atoms with Crippen LogP contribution in [0.5, 0.6) is 0 Å². The Balaban J connectivity index is 2.04. The fraction of sp³-hybridized carbons (Fsp3) is 0.0556. The number of hydrogen-bond donors (Lipinski definition) is 1. The molecule has 0 radical (unpaired) electrons. The summed E-state index contributed by atoms with van der Waals surface area (Å²) >= 11 is 0. The van der Waals surface area contributed by atoms with Crippen LogP contribution in [0, 0.1) is 5.41 Å². The number of benzene rings is 2. The first-order valence-corrected chi connectivity index (χ1v) is 6.46. The van der Waals surface area contributed by atoms with Crippen LogP contribution in [0.4, 0.5) is 0 Å². The average molecular weight is 245 g/mol. The number of allylic oxidation sites excluding steroid dienone is 4. The Kier molecular flexibility index (Phi) is 3.11. The van der Waals surface area contributed by atoms with Gasteiger partial charge in [-0.2, -0.15) is 0 Å². The Morgan fingerprint density at radius 2 is 1.63 bits per heavy atom.